The number of hydrogen-bond acceptors (Lipinski definition) is 4. The Morgan fingerprint density at radius 1 is 0.837 bits per heavy atom. The number of sulfonamides is 1. The summed E-state index contributed by atoms with van der Waals surface area (Å²) in [5.74, 6) is -1.42. The van der Waals surface area contributed by atoms with E-state index < -0.39 is 46.0 Å². The van der Waals surface area contributed by atoms with Crippen LogP contribution in [0.2, 0.25) is 0 Å². The van der Waals surface area contributed by atoms with E-state index in [9.17, 15) is 31.2 Å². The van der Waals surface area contributed by atoms with Crippen molar-refractivity contribution in [2.75, 3.05) is 11.9 Å². The summed E-state index contributed by atoms with van der Waals surface area (Å²) in [6.07, 6.45) is -5.17. The van der Waals surface area contributed by atoms with Gasteiger partial charge in [-0.25, -0.2) is 12.7 Å². The minimum absolute atomic E-state index is 0.104. The number of anilines is 1. The molecule has 4 rings (SSSR count). The van der Waals surface area contributed by atoms with Gasteiger partial charge in [0.25, 0.3) is 15.9 Å². The molecule has 0 aromatic heterocycles. The van der Waals surface area contributed by atoms with Crippen molar-refractivity contribution in [2.24, 2.45) is 0 Å². The Balaban J connectivity index is 1.85. The van der Waals surface area contributed by atoms with E-state index in [2.05, 4.69) is 31.9 Å². The number of amides is 2. The van der Waals surface area contributed by atoms with Gasteiger partial charge in [0.1, 0.15) is 0 Å². The zero-order valence-electron chi connectivity index (χ0n) is 22.8. The minimum atomic E-state index is -4.61. The SMILES string of the molecule is Cc1ccc(S(=O)(=O)N(C)C(=O)C[C@H](c2ccc(C(F)(F)F)cc2)N(C(=O)c2ccccc2)c2cc(Br)cc(Br)c2)cc1. The van der Waals surface area contributed by atoms with Gasteiger partial charge in [0.2, 0.25) is 5.91 Å². The molecule has 1 atom stereocenters. The average Bonchev–Trinajstić information content (AvgIpc) is 2.96. The van der Waals surface area contributed by atoms with E-state index in [1.807, 2.05) is 0 Å². The van der Waals surface area contributed by atoms with Crippen LogP contribution in [0.3, 0.4) is 0 Å². The van der Waals surface area contributed by atoms with Gasteiger partial charge in [0, 0.05) is 27.2 Å². The average molecular weight is 738 g/mol. The summed E-state index contributed by atoms with van der Waals surface area (Å²) >= 11 is 6.81. The third-order valence-electron chi connectivity index (χ3n) is 6.70. The summed E-state index contributed by atoms with van der Waals surface area (Å²) in [6.45, 7) is 1.79. The molecule has 0 spiro atoms. The molecular formula is C31H25Br2F3N2O4S. The van der Waals surface area contributed by atoms with Gasteiger partial charge >= 0.3 is 6.18 Å². The number of alkyl halides is 3. The number of carbonyl (C=O) groups excluding carboxylic acids is 2. The van der Waals surface area contributed by atoms with Crippen LogP contribution >= 0.6 is 31.9 Å². The van der Waals surface area contributed by atoms with Crippen molar-refractivity contribution in [1.82, 2.24) is 4.31 Å². The second kappa shape index (κ2) is 13.0. The normalized spacial score (nSPS) is 12.4. The van der Waals surface area contributed by atoms with Gasteiger partial charge in [-0.15, -0.1) is 0 Å². The van der Waals surface area contributed by atoms with Crippen LogP contribution in [0.1, 0.15) is 39.5 Å². The molecule has 0 aliphatic rings. The standard InChI is InChI=1S/C31H25Br2F3N2O4S/c1-20-8-14-27(15-9-20)43(41,42)37(2)29(39)19-28(21-10-12-23(13-11-21)31(34,35)36)38(26-17-24(32)16-25(33)18-26)30(40)22-6-4-3-5-7-22/h3-18,28H,19H2,1-2H3/t28-/m1/s1. The van der Waals surface area contributed by atoms with Crippen LogP contribution in [-0.4, -0.2) is 31.6 Å². The van der Waals surface area contributed by atoms with E-state index in [0.29, 0.717) is 18.9 Å². The molecule has 0 aliphatic heterocycles. The molecule has 0 bridgehead atoms. The highest BCUT2D eigenvalue weighted by molar-refractivity contribution is 9.11. The predicted octanol–water partition coefficient (Wildman–Crippen LogP) is 8.16. The monoisotopic (exact) mass is 736 g/mol. The summed E-state index contributed by atoms with van der Waals surface area (Å²) in [7, 11) is -3.16. The van der Waals surface area contributed by atoms with E-state index in [1.165, 1.54) is 29.2 Å². The maximum Gasteiger partial charge on any atom is 0.416 e. The fraction of sp³-hybridized carbons (Fsp3) is 0.161. The number of hydrogen-bond donors (Lipinski definition) is 0. The van der Waals surface area contributed by atoms with Gasteiger partial charge in [-0.3, -0.25) is 9.59 Å². The lowest BCUT2D eigenvalue weighted by atomic mass is 9.98. The lowest BCUT2D eigenvalue weighted by molar-refractivity contribution is -0.137. The summed E-state index contributed by atoms with van der Waals surface area (Å²) < 4.78 is 68.7. The summed E-state index contributed by atoms with van der Waals surface area (Å²) in [5, 5.41) is 0. The predicted molar refractivity (Wildman–Crippen MR) is 165 cm³/mol. The summed E-state index contributed by atoms with van der Waals surface area (Å²) in [4.78, 5) is 28.9. The zero-order valence-corrected chi connectivity index (χ0v) is 26.8. The van der Waals surface area contributed by atoms with Gasteiger partial charge in [-0.2, -0.15) is 13.2 Å². The first-order valence-corrected chi connectivity index (χ1v) is 15.8. The first kappa shape index (κ1) is 32.4. The largest absolute Gasteiger partial charge is 0.416 e. The number of aryl methyl sites for hydroxylation is 1. The number of rotatable bonds is 8. The van der Waals surface area contributed by atoms with Crippen molar-refractivity contribution in [3.05, 3.63) is 128 Å². The second-order valence-electron chi connectivity index (χ2n) is 9.69. The Bertz CT molecular complexity index is 1710. The van der Waals surface area contributed by atoms with Crippen molar-refractivity contribution in [1.29, 1.82) is 0 Å². The van der Waals surface area contributed by atoms with Crippen LogP contribution in [0.25, 0.3) is 0 Å². The molecule has 6 nitrogen and oxygen atoms in total. The van der Waals surface area contributed by atoms with Gasteiger partial charge < -0.3 is 4.90 Å². The van der Waals surface area contributed by atoms with Crippen molar-refractivity contribution in [2.45, 2.75) is 30.5 Å². The smallest absolute Gasteiger partial charge is 0.300 e. The quantitative estimate of drug-likeness (QED) is 0.183. The van der Waals surface area contributed by atoms with Crippen LogP contribution in [0.5, 0.6) is 0 Å². The molecule has 43 heavy (non-hydrogen) atoms. The van der Waals surface area contributed by atoms with E-state index in [1.54, 1.807) is 67.6 Å². The number of nitrogens with zero attached hydrogens (tertiary/aromatic N) is 2. The highest BCUT2D eigenvalue weighted by Crippen LogP contribution is 2.37. The van der Waals surface area contributed by atoms with Crippen LogP contribution in [0, 0.1) is 6.92 Å². The molecule has 0 fully saturated rings. The molecule has 0 aliphatic carbocycles. The first-order valence-electron chi connectivity index (χ1n) is 12.8. The van der Waals surface area contributed by atoms with Gasteiger partial charge in [0.05, 0.1) is 22.9 Å². The highest BCUT2D eigenvalue weighted by Gasteiger charge is 2.35. The van der Waals surface area contributed by atoms with Crippen LogP contribution in [0.4, 0.5) is 18.9 Å². The molecule has 0 saturated carbocycles. The molecule has 0 radical (unpaired) electrons. The molecule has 0 heterocycles. The highest BCUT2D eigenvalue weighted by atomic mass is 79.9. The Kier molecular flexibility index (Phi) is 9.83. The van der Waals surface area contributed by atoms with Crippen molar-refractivity contribution < 1.29 is 31.2 Å². The van der Waals surface area contributed by atoms with Crippen molar-refractivity contribution in [3.63, 3.8) is 0 Å². The molecule has 12 heteroatoms. The summed E-state index contributed by atoms with van der Waals surface area (Å²) in [6, 6.07) is 22.0. The van der Waals surface area contributed by atoms with Crippen molar-refractivity contribution in [3.8, 4) is 0 Å². The molecule has 2 amide bonds. The van der Waals surface area contributed by atoms with Crippen LogP contribution < -0.4 is 4.90 Å². The van der Waals surface area contributed by atoms with Gasteiger partial charge in [-0.1, -0.05) is 79.9 Å². The van der Waals surface area contributed by atoms with Gasteiger partial charge in [0.15, 0.2) is 0 Å². The van der Waals surface area contributed by atoms with E-state index in [4.69, 9.17) is 0 Å². The third kappa shape index (κ3) is 7.54. The third-order valence-corrected chi connectivity index (χ3v) is 9.41. The minimum Gasteiger partial charge on any atom is -0.300 e. The molecule has 4 aromatic rings. The Labute approximate surface area is 264 Å². The van der Waals surface area contributed by atoms with Crippen LogP contribution in [-0.2, 0) is 21.0 Å². The number of benzene rings is 4. The van der Waals surface area contributed by atoms with E-state index in [0.717, 1.165) is 24.7 Å². The molecule has 4 aromatic carbocycles. The van der Waals surface area contributed by atoms with E-state index >= 15 is 0 Å². The fourth-order valence-corrected chi connectivity index (χ4v) is 6.79. The lowest BCUT2D eigenvalue weighted by Crippen LogP contribution is -2.40. The van der Waals surface area contributed by atoms with Crippen LogP contribution in [0.15, 0.2) is 111 Å². The van der Waals surface area contributed by atoms with E-state index in [-0.39, 0.29) is 16.0 Å². The Morgan fingerprint density at radius 2 is 1.40 bits per heavy atom. The van der Waals surface area contributed by atoms with Gasteiger partial charge in [-0.05, 0) is 67.1 Å². The second-order valence-corrected chi connectivity index (χ2v) is 13.5. The van der Waals surface area contributed by atoms with Crippen molar-refractivity contribution >= 4 is 59.4 Å². The number of halogens is 5. The fourth-order valence-electron chi connectivity index (χ4n) is 4.39. The zero-order chi connectivity index (χ0) is 31.5. The first-order chi connectivity index (χ1) is 20.2. The Morgan fingerprint density at radius 3 is 1.93 bits per heavy atom. The summed E-state index contributed by atoms with van der Waals surface area (Å²) in [5.41, 5.74) is 0.681. The number of carbonyl (C=O) groups is 2. The molecule has 0 unspecified atom stereocenters. The molecule has 224 valence electrons. The molecular weight excluding hydrogens is 713 g/mol. The lowest BCUT2D eigenvalue weighted by Gasteiger charge is -2.33. The topological polar surface area (TPSA) is 74.8 Å². The molecule has 0 saturated heterocycles. The molecule has 0 N–H and O–H groups in total. The maximum atomic E-state index is 14.1. The Hall–Kier alpha value is -3.48. The maximum absolute atomic E-state index is 14.1.